The molecule has 0 unspecified atom stereocenters. The number of carbonyl (C=O) groups is 2. The summed E-state index contributed by atoms with van der Waals surface area (Å²) in [6.07, 6.45) is 0.928. The Bertz CT molecular complexity index is 887. The Labute approximate surface area is 184 Å². The number of nitrogens with zero attached hydrogens (tertiary/aromatic N) is 4. The van der Waals surface area contributed by atoms with Crippen LogP contribution in [-0.4, -0.2) is 76.2 Å². The van der Waals surface area contributed by atoms with Gasteiger partial charge >= 0.3 is 0 Å². The minimum absolute atomic E-state index is 0.0447. The summed E-state index contributed by atoms with van der Waals surface area (Å²) < 4.78 is 1.76. The van der Waals surface area contributed by atoms with Crippen molar-refractivity contribution in [1.82, 2.24) is 24.9 Å². The summed E-state index contributed by atoms with van der Waals surface area (Å²) in [5.74, 6) is 0.656. The standard InChI is InChI=1S/C23H34N6O2/c1-18-15-20(29(26-18)19-9-6-5-7-10-19)24-21(30)16-27-11-8-12-28(14-13-27)17-22(31)25-23(2,3)4/h5-7,9-10,15H,8,11-14,16-17H2,1-4H3,(H,24,30)(H,25,31). The Morgan fingerprint density at radius 1 is 0.968 bits per heavy atom. The number of aromatic nitrogens is 2. The van der Waals surface area contributed by atoms with Crippen molar-refractivity contribution < 1.29 is 9.59 Å². The van der Waals surface area contributed by atoms with Gasteiger partial charge in [-0.2, -0.15) is 5.10 Å². The molecule has 1 aliphatic heterocycles. The fraction of sp³-hybridized carbons (Fsp3) is 0.522. The molecule has 2 heterocycles. The lowest BCUT2D eigenvalue weighted by Gasteiger charge is -2.25. The quantitative estimate of drug-likeness (QED) is 0.739. The van der Waals surface area contributed by atoms with Crippen LogP contribution >= 0.6 is 0 Å². The van der Waals surface area contributed by atoms with Gasteiger partial charge in [0.25, 0.3) is 0 Å². The largest absolute Gasteiger partial charge is 0.350 e. The summed E-state index contributed by atoms with van der Waals surface area (Å²) in [5.41, 5.74) is 1.53. The second kappa shape index (κ2) is 10.1. The van der Waals surface area contributed by atoms with Gasteiger partial charge in [-0.1, -0.05) is 18.2 Å². The molecule has 0 spiro atoms. The molecule has 3 rings (SSSR count). The molecule has 2 N–H and O–H groups in total. The van der Waals surface area contributed by atoms with E-state index in [1.54, 1.807) is 4.68 Å². The summed E-state index contributed by atoms with van der Waals surface area (Å²) in [5, 5.41) is 10.5. The molecular weight excluding hydrogens is 392 g/mol. The Morgan fingerprint density at radius 3 is 2.19 bits per heavy atom. The van der Waals surface area contributed by atoms with Gasteiger partial charge in [0.15, 0.2) is 0 Å². The number of amides is 2. The van der Waals surface area contributed by atoms with Crippen molar-refractivity contribution in [3.05, 3.63) is 42.1 Å². The van der Waals surface area contributed by atoms with E-state index >= 15 is 0 Å². The van der Waals surface area contributed by atoms with Gasteiger partial charge in [0.2, 0.25) is 11.8 Å². The van der Waals surface area contributed by atoms with Crippen LogP contribution in [0.4, 0.5) is 5.82 Å². The summed E-state index contributed by atoms with van der Waals surface area (Å²) in [6, 6.07) is 11.6. The van der Waals surface area contributed by atoms with Gasteiger partial charge in [0, 0.05) is 24.7 Å². The van der Waals surface area contributed by atoms with Gasteiger partial charge < -0.3 is 10.6 Å². The second-order valence-electron chi connectivity index (χ2n) is 9.17. The lowest BCUT2D eigenvalue weighted by molar-refractivity contribution is -0.123. The number of carbonyl (C=O) groups excluding carboxylic acids is 2. The Morgan fingerprint density at radius 2 is 1.58 bits per heavy atom. The zero-order valence-corrected chi connectivity index (χ0v) is 19.0. The Balaban J connectivity index is 1.52. The van der Waals surface area contributed by atoms with Crippen LogP contribution in [0.2, 0.25) is 0 Å². The minimum atomic E-state index is -0.225. The van der Waals surface area contributed by atoms with Crippen molar-refractivity contribution in [1.29, 1.82) is 0 Å². The number of hydrogen-bond donors (Lipinski definition) is 2. The van der Waals surface area contributed by atoms with Crippen molar-refractivity contribution in [2.45, 2.75) is 39.7 Å². The maximum absolute atomic E-state index is 12.7. The molecule has 2 amide bonds. The highest BCUT2D eigenvalue weighted by Gasteiger charge is 2.21. The number of benzene rings is 1. The molecule has 31 heavy (non-hydrogen) atoms. The predicted octanol–water partition coefficient (Wildman–Crippen LogP) is 2.04. The molecule has 1 saturated heterocycles. The molecule has 0 atom stereocenters. The van der Waals surface area contributed by atoms with Crippen LogP contribution in [0.15, 0.2) is 36.4 Å². The Hall–Kier alpha value is -2.71. The van der Waals surface area contributed by atoms with Crippen molar-refractivity contribution in [2.24, 2.45) is 0 Å². The minimum Gasteiger partial charge on any atom is -0.350 e. The van der Waals surface area contributed by atoms with Gasteiger partial charge in [-0.15, -0.1) is 0 Å². The smallest absolute Gasteiger partial charge is 0.239 e. The number of para-hydroxylation sites is 1. The zero-order chi connectivity index (χ0) is 22.4. The number of hydrogen-bond acceptors (Lipinski definition) is 5. The van der Waals surface area contributed by atoms with Crippen LogP contribution in [0.5, 0.6) is 0 Å². The van der Waals surface area contributed by atoms with Crippen molar-refractivity contribution in [3.63, 3.8) is 0 Å². The van der Waals surface area contributed by atoms with E-state index in [2.05, 4.69) is 25.5 Å². The number of nitrogens with one attached hydrogen (secondary N) is 2. The van der Waals surface area contributed by atoms with E-state index in [4.69, 9.17) is 0 Å². The fourth-order valence-electron chi connectivity index (χ4n) is 3.74. The van der Waals surface area contributed by atoms with Crippen LogP contribution in [0.3, 0.4) is 0 Å². The topological polar surface area (TPSA) is 82.5 Å². The Kier molecular flexibility index (Phi) is 7.46. The molecule has 8 nitrogen and oxygen atoms in total. The third-order valence-corrected chi connectivity index (χ3v) is 5.03. The monoisotopic (exact) mass is 426 g/mol. The zero-order valence-electron chi connectivity index (χ0n) is 19.0. The van der Waals surface area contributed by atoms with Crippen molar-refractivity contribution >= 4 is 17.6 Å². The average Bonchev–Trinajstić information content (AvgIpc) is 2.90. The molecule has 1 aromatic heterocycles. The molecular formula is C23H34N6O2. The summed E-state index contributed by atoms with van der Waals surface area (Å²) in [4.78, 5) is 29.2. The molecule has 2 aromatic rings. The number of anilines is 1. The van der Waals surface area contributed by atoms with Gasteiger partial charge in [0.05, 0.1) is 24.5 Å². The van der Waals surface area contributed by atoms with E-state index < -0.39 is 0 Å². The molecule has 1 fully saturated rings. The van der Waals surface area contributed by atoms with E-state index in [0.29, 0.717) is 18.9 Å². The van der Waals surface area contributed by atoms with Gasteiger partial charge in [-0.05, 0) is 59.3 Å². The van der Waals surface area contributed by atoms with Crippen LogP contribution < -0.4 is 10.6 Å². The highest BCUT2D eigenvalue weighted by molar-refractivity contribution is 5.91. The number of aryl methyl sites for hydroxylation is 1. The fourth-order valence-corrected chi connectivity index (χ4v) is 3.74. The maximum atomic E-state index is 12.7. The summed E-state index contributed by atoms with van der Waals surface area (Å²) in [6.45, 7) is 11.8. The van der Waals surface area contributed by atoms with Gasteiger partial charge in [0.1, 0.15) is 5.82 Å². The molecule has 0 aliphatic carbocycles. The van der Waals surface area contributed by atoms with E-state index in [0.717, 1.165) is 44.0 Å². The summed E-state index contributed by atoms with van der Waals surface area (Å²) in [7, 11) is 0. The third-order valence-electron chi connectivity index (χ3n) is 5.03. The maximum Gasteiger partial charge on any atom is 0.239 e. The molecule has 0 saturated carbocycles. The van der Waals surface area contributed by atoms with Crippen LogP contribution in [0, 0.1) is 6.92 Å². The molecule has 1 aromatic carbocycles. The van der Waals surface area contributed by atoms with Crippen molar-refractivity contribution in [3.8, 4) is 5.69 Å². The number of rotatable bonds is 6. The van der Waals surface area contributed by atoms with E-state index in [1.807, 2.05) is 64.1 Å². The lowest BCUT2D eigenvalue weighted by atomic mass is 10.1. The summed E-state index contributed by atoms with van der Waals surface area (Å²) >= 11 is 0. The van der Waals surface area contributed by atoms with Crippen LogP contribution in [0.25, 0.3) is 5.69 Å². The lowest BCUT2D eigenvalue weighted by Crippen LogP contribution is -2.46. The van der Waals surface area contributed by atoms with Gasteiger partial charge in [-0.25, -0.2) is 4.68 Å². The first-order valence-electron chi connectivity index (χ1n) is 10.9. The highest BCUT2D eigenvalue weighted by atomic mass is 16.2. The predicted molar refractivity (Wildman–Crippen MR) is 122 cm³/mol. The van der Waals surface area contributed by atoms with E-state index in [1.165, 1.54) is 0 Å². The molecule has 0 radical (unpaired) electrons. The third kappa shape index (κ3) is 7.18. The first-order chi connectivity index (χ1) is 14.7. The van der Waals surface area contributed by atoms with Crippen LogP contribution in [0.1, 0.15) is 32.9 Å². The van der Waals surface area contributed by atoms with E-state index in [-0.39, 0.29) is 17.4 Å². The first-order valence-corrected chi connectivity index (χ1v) is 10.9. The van der Waals surface area contributed by atoms with Crippen molar-refractivity contribution in [2.75, 3.05) is 44.6 Å². The van der Waals surface area contributed by atoms with Gasteiger partial charge in [-0.3, -0.25) is 19.4 Å². The SMILES string of the molecule is Cc1cc(NC(=O)CN2CCCN(CC(=O)NC(C)(C)C)CC2)n(-c2ccccc2)n1. The normalized spacial score (nSPS) is 16.0. The highest BCUT2D eigenvalue weighted by Crippen LogP contribution is 2.17. The molecule has 1 aliphatic rings. The molecule has 168 valence electrons. The second-order valence-corrected chi connectivity index (χ2v) is 9.17. The first kappa shape index (κ1) is 23.0. The average molecular weight is 427 g/mol. The molecule has 8 heteroatoms. The van der Waals surface area contributed by atoms with Crippen LogP contribution in [-0.2, 0) is 9.59 Å². The molecule has 0 bridgehead atoms. The van der Waals surface area contributed by atoms with E-state index in [9.17, 15) is 9.59 Å².